The molecule has 0 aromatic heterocycles. The number of unbranched alkanes of at least 4 members (excludes halogenated alkanes) is 1. The zero-order chi connectivity index (χ0) is 15.7. The van der Waals surface area contributed by atoms with E-state index >= 15 is 0 Å². The van der Waals surface area contributed by atoms with E-state index < -0.39 is 12.0 Å². The van der Waals surface area contributed by atoms with Crippen molar-refractivity contribution in [3.8, 4) is 0 Å². The van der Waals surface area contributed by atoms with Crippen molar-refractivity contribution in [2.45, 2.75) is 64.5 Å². The quantitative estimate of drug-likeness (QED) is 0.638. The van der Waals surface area contributed by atoms with Crippen LogP contribution in [0.25, 0.3) is 0 Å². The molecule has 1 heterocycles. The number of amides is 2. The second kappa shape index (κ2) is 9.60. The summed E-state index contributed by atoms with van der Waals surface area (Å²) in [7, 11) is 0. The molecule has 1 saturated heterocycles. The molecule has 122 valence electrons. The molecule has 6 nitrogen and oxygen atoms in total. The average molecular weight is 299 g/mol. The van der Waals surface area contributed by atoms with Crippen molar-refractivity contribution in [1.82, 2.24) is 15.5 Å². The highest BCUT2D eigenvalue weighted by molar-refractivity contribution is 5.82. The van der Waals surface area contributed by atoms with Crippen LogP contribution in [0.4, 0.5) is 4.79 Å². The largest absolute Gasteiger partial charge is 0.480 e. The van der Waals surface area contributed by atoms with Gasteiger partial charge in [0.2, 0.25) is 0 Å². The average Bonchev–Trinajstić information content (AvgIpc) is 2.49. The van der Waals surface area contributed by atoms with Crippen LogP contribution in [0.2, 0.25) is 0 Å². The lowest BCUT2D eigenvalue weighted by molar-refractivity contribution is -0.139. The number of piperidine rings is 1. The Labute approximate surface area is 127 Å². The maximum absolute atomic E-state index is 12.4. The summed E-state index contributed by atoms with van der Waals surface area (Å²) < 4.78 is 0. The Morgan fingerprint density at radius 3 is 2.48 bits per heavy atom. The number of hydrogen-bond donors (Lipinski definition) is 3. The normalized spacial score (nSPS) is 17.2. The standard InChI is InChI=1S/C15H29N3O3/c1-3-5-6-13(14(19)20)17-15(21)18(11-4-2)12-7-9-16-10-8-12/h12-13,16H,3-11H2,1-2H3,(H,17,21)(H,19,20)/t13-/m0/s1. The molecule has 0 bridgehead atoms. The summed E-state index contributed by atoms with van der Waals surface area (Å²) in [5, 5.41) is 15.2. The van der Waals surface area contributed by atoms with E-state index in [2.05, 4.69) is 10.6 Å². The van der Waals surface area contributed by atoms with E-state index in [1.165, 1.54) is 0 Å². The van der Waals surface area contributed by atoms with Crippen molar-refractivity contribution in [2.24, 2.45) is 0 Å². The Bertz CT molecular complexity index is 330. The fraction of sp³-hybridized carbons (Fsp3) is 0.867. The van der Waals surface area contributed by atoms with Crippen LogP contribution in [-0.2, 0) is 4.79 Å². The van der Waals surface area contributed by atoms with Gasteiger partial charge < -0.3 is 20.6 Å². The molecule has 1 fully saturated rings. The monoisotopic (exact) mass is 299 g/mol. The Hall–Kier alpha value is -1.30. The van der Waals surface area contributed by atoms with Crippen LogP contribution < -0.4 is 10.6 Å². The van der Waals surface area contributed by atoms with Crippen LogP contribution in [0.3, 0.4) is 0 Å². The van der Waals surface area contributed by atoms with Gasteiger partial charge in [0, 0.05) is 12.6 Å². The first-order chi connectivity index (χ1) is 10.1. The number of hydrogen-bond acceptors (Lipinski definition) is 3. The van der Waals surface area contributed by atoms with Crippen molar-refractivity contribution in [2.75, 3.05) is 19.6 Å². The summed E-state index contributed by atoms with van der Waals surface area (Å²) in [6.07, 6.45) is 4.96. The van der Waals surface area contributed by atoms with Gasteiger partial charge in [0.15, 0.2) is 0 Å². The minimum atomic E-state index is -0.946. The maximum atomic E-state index is 12.4. The summed E-state index contributed by atoms with van der Waals surface area (Å²) in [4.78, 5) is 25.5. The summed E-state index contributed by atoms with van der Waals surface area (Å²) >= 11 is 0. The number of carbonyl (C=O) groups is 2. The Morgan fingerprint density at radius 1 is 1.29 bits per heavy atom. The van der Waals surface area contributed by atoms with Gasteiger partial charge in [0.25, 0.3) is 0 Å². The van der Waals surface area contributed by atoms with E-state index in [0.717, 1.165) is 45.2 Å². The number of nitrogens with one attached hydrogen (secondary N) is 2. The summed E-state index contributed by atoms with van der Waals surface area (Å²) in [6.45, 7) is 6.55. The Kier molecular flexibility index (Phi) is 8.12. The van der Waals surface area contributed by atoms with Crippen molar-refractivity contribution >= 4 is 12.0 Å². The van der Waals surface area contributed by atoms with Gasteiger partial charge in [-0.15, -0.1) is 0 Å². The van der Waals surface area contributed by atoms with Gasteiger partial charge in [-0.2, -0.15) is 0 Å². The smallest absolute Gasteiger partial charge is 0.326 e. The molecular formula is C15H29N3O3. The first-order valence-electron chi connectivity index (χ1n) is 8.10. The molecule has 6 heteroatoms. The van der Waals surface area contributed by atoms with Crippen LogP contribution in [0.15, 0.2) is 0 Å². The van der Waals surface area contributed by atoms with E-state index in [1.54, 1.807) is 0 Å². The molecule has 0 saturated carbocycles. The van der Waals surface area contributed by atoms with Gasteiger partial charge >= 0.3 is 12.0 Å². The third-order valence-electron chi connectivity index (χ3n) is 3.92. The molecular weight excluding hydrogens is 270 g/mol. The van der Waals surface area contributed by atoms with Gasteiger partial charge in [-0.05, 0) is 38.8 Å². The number of nitrogens with zero attached hydrogens (tertiary/aromatic N) is 1. The number of rotatable bonds is 8. The van der Waals surface area contributed by atoms with Gasteiger partial charge in [0.1, 0.15) is 6.04 Å². The third kappa shape index (κ3) is 5.91. The zero-order valence-corrected chi connectivity index (χ0v) is 13.2. The number of carboxylic acid groups (broad SMARTS) is 1. The van der Waals surface area contributed by atoms with E-state index in [9.17, 15) is 14.7 Å². The van der Waals surface area contributed by atoms with E-state index in [-0.39, 0.29) is 12.1 Å². The number of urea groups is 1. The number of carboxylic acids is 1. The van der Waals surface area contributed by atoms with Crippen molar-refractivity contribution < 1.29 is 14.7 Å². The molecule has 0 aliphatic carbocycles. The predicted octanol–water partition coefficient (Wildman–Crippen LogP) is 1.80. The third-order valence-corrected chi connectivity index (χ3v) is 3.92. The van der Waals surface area contributed by atoms with Crippen LogP contribution >= 0.6 is 0 Å². The molecule has 0 aromatic carbocycles. The molecule has 1 atom stereocenters. The van der Waals surface area contributed by atoms with Gasteiger partial charge in [-0.25, -0.2) is 9.59 Å². The second-order valence-electron chi connectivity index (χ2n) is 5.66. The lowest BCUT2D eigenvalue weighted by Gasteiger charge is -2.35. The lowest BCUT2D eigenvalue weighted by atomic mass is 10.0. The molecule has 2 amide bonds. The van der Waals surface area contributed by atoms with E-state index in [0.29, 0.717) is 13.0 Å². The second-order valence-corrected chi connectivity index (χ2v) is 5.66. The highest BCUT2D eigenvalue weighted by atomic mass is 16.4. The topological polar surface area (TPSA) is 81.7 Å². The molecule has 21 heavy (non-hydrogen) atoms. The number of carbonyl (C=O) groups excluding carboxylic acids is 1. The lowest BCUT2D eigenvalue weighted by Crippen LogP contribution is -2.53. The van der Waals surface area contributed by atoms with E-state index in [1.807, 2.05) is 18.7 Å². The fourth-order valence-electron chi connectivity index (χ4n) is 2.71. The van der Waals surface area contributed by atoms with Crippen LogP contribution in [0.1, 0.15) is 52.4 Å². The van der Waals surface area contributed by atoms with Gasteiger partial charge in [0.05, 0.1) is 0 Å². The maximum Gasteiger partial charge on any atom is 0.326 e. The zero-order valence-electron chi connectivity index (χ0n) is 13.2. The molecule has 1 aliphatic rings. The summed E-state index contributed by atoms with van der Waals surface area (Å²) in [5.74, 6) is -0.946. The minimum Gasteiger partial charge on any atom is -0.480 e. The van der Waals surface area contributed by atoms with Crippen LogP contribution in [-0.4, -0.2) is 53.7 Å². The molecule has 3 N–H and O–H groups in total. The van der Waals surface area contributed by atoms with Crippen LogP contribution in [0, 0.1) is 0 Å². The number of aliphatic carboxylic acids is 1. The Morgan fingerprint density at radius 2 is 1.95 bits per heavy atom. The first kappa shape index (κ1) is 17.8. The van der Waals surface area contributed by atoms with Crippen molar-refractivity contribution in [3.05, 3.63) is 0 Å². The minimum absolute atomic E-state index is 0.215. The Balaban J connectivity index is 2.63. The van der Waals surface area contributed by atoms with Gasteiger partial charge in [-0.1, -0.05) is 26.7 Å². The SMILES string of the molecule is CCCC[C@H](NC(=O)N(CCC)C1CCNCC1)C(=O)O. The predicted molar refractivity (Wildman–Crippen MR) is 82.4 cm³/mol. The van der Waals surface area contributed by atoms with Gasteiger partial charge in [-0.3, -0.25) is 0 Å². The molecule has 0 unspecified atom stereocenters. The first-order valence-corrected chi connectivity index (χ1v) is 8.10. The van der Waals surface area contributed by atoms with E-state index in [4.69, 9.17) is 0 Å². The molecule has 1 aliphatic heterocycles. The highest BCUT2D eigenvalue weighted by Crippen LogP contribution is 2.13. The highest BCUT2D eigenvalue weighted by Gasteiger charge is 2.27. The molecule has 0 radical (unpaired) electrons. The van der Waals surface area contributed by atoms with Crippen LogP contribution in [0.5, 0.6) is 0 Å². The molecule has 0 aromatic rings. The summed E-state index contributed by atoms with van der Waals surface area (Å²) in [6, 6.07) is -0.794. The van der Waals surface area contributed by atoms with Crippen molar-refractivity contribution in [3.63, 3.8) is 0 Å². The molecule has 1 rings (SSSR count). The summed E-state index contributed by atoms with van der Waals surface area (Å²) in [5.41, 5.74) is 0. The molecule has 0 spiro atoms. The fourth-order valence-corrected chi connectivity index (χ4v) is 2.71. The van der Waals surface area contributed by atoms with Crippen molar-refractivity contribution in [1.29, 1.82) is 0 Å².